The van der Waals surface area contributed by atoms with Crippen LogP contribution in [0.4, 0.5) is 0 Å². The van der Waals surface area contributed by atoms with Crippen molar-refractivity contribution in [2.75, 3.05) is 6.54 Å². The Bertz CT molecular complexity index is 493. The zero-order valence-corrected chi connectivity index (χ0v) is 12.8. The van der Waals surface area contributed by atoms with Crippen molar-refractivity contribution < 1.29 is 9.90 Å². The van der Waals surface area contributed by atoms with Crippen molar-refractivity contribution in [1.82, 2.24) is 5.32 Å². The zero-order valence-electron chi connectivity index (χ0n) is 12.0. The lowest BCUT2D eigenvalue weighted by Crippen LogP contribution is -2.32. The monoisotopic (exact) mass is 293 g/mol. The van der Waals surface area contributed by atoms with Gasteiger partial charge in [-0.25, -0.2) is 0 Å². The molecule has 1 fully saturated rings. The molecule has 0 aliphatic heterocycles. The summed E-state index contributed by atoms with van der Waals surface area (Å²) in [6, 6.07) is 2.07. The maximum atomic E-state index is 12.1. The molecule has 0 aromatic carbocycles. The van der Waals surface area contributed by atoms with E-state index in [9.17, 15) is 9.90 Å². The van der Waals surface area contributed by atoms with Crippen LogP contribution in [-0.4, -0.2) is 23.7 Å². The summed E-state index contributed by atoms with van der Waals surface area (Å²) < 4.78 is 0. The molecule has 0 radical (unpaired) electrons. The fourth-order valence-electron chi connectivity index (χ4n) is 2.99. The highest BCUT2D eigenvalue weighted by Crippen LogP contribution is 2.34. The molecule has 4 heteroatoms. The minimum atomic E-state index is -0.363. The first kappa shape index (κ1) is 14.1. The van der Waals surface area contributed by atoms with Gasteiger partial charge in [-0.05, 0) is 55.6 Å². The lowest BCUT2D eigenvalue weighted by molar-refractivity contribution is 0.0905. The summed E-state index contributed by atoms with van der Waals surface area (Å²) in [6.45, 7) is 2.64. The van der Waals surface area contributed by atoms with Crippen LogP contribution in [0.1, 0.15) is 52.7 Å². The normalized spacial score (nSPS) is 23.2. The number of amides is 1. The van der Waals surface area contributed by atoms with Crippen molar-refractivity contribution in [1.29, 1.82) is 0 Å². The average molecular weight is 293 g/mol. The third-order valence-corrected chi connectivity index (χ3v) is 5.86. The van der Waals surface area contributed by atoms with Crippen LogP contribution in [0.3, 0.4) is 0 Å². The number of aryl methyl sites for hydroxylation is 1. The van der Waals surface area contributed by atoms with E-state index in [1.807, 2.05) is 0 Å². The minimum absolute atomic E-state index is 0.0165. The van der Waals surface area contributed by atoms with Crippen LogP contribution in [0.2, 0.25) is 0 Å². The second-order valence-corrected chi connectivity index (χ2v) is 7.33. The smallest absolute Gasteiger partial charge is 0.261 e. The number of aliphatic hydroxyl groups excluding tert-OH is 1. The van der Waals surface area contributed by atoms with Crippen molar-refractivity contribution in [2.24, 2.45) is 11.8 Å². The summed E-state index contributed by atoms with van der Waals surface area (Å²) in [5, 5.41) is 12.7. The number of carbonyl (C=O) groups is 1. The molecule has 1 aromatic rings. The summed E-state index contributed by atoms with van der Waals surface area (Å²) in [5.74, 6) is 1.18. The quantitative estimate of drug-likeness (QED) is 0.877. The Morgan fingerprint density at radius 1 is 1.50 bits per heavy atom. The Labute approximate surface area is 124 Å². The van der Waals surface area contributed by atoms with E-state index in [2.05, 4.69) is 18.3 Å². The number of nitrogens with one attached hydrogen (secondary N) is 1. The van der Waals surface area contributed by atoms with Crippen LogP contribution in [0.5, 0.6) is 0 Å². The maximum absolute atomic E-state index is 12.1. The Balaban J connectivity index is 1.59. The van der Waals surface area contributed by atoms with Gasteiger partial charge in [-0.2, -0.15) is 0 Å². The molecular formula is C16H23NO2S. The van der Waals surface area contributed by atoms with Crippen LogP contribution in [0.15, 0.2) is 6.07 Å². The number of hydrogen-bond acceptors (Lipinski definition) is 3. The van der Waals surface area contributed by atoms with E-state index in [4.69, 9.17) is 0 Å². The Hall–Kier alpha value is -0.870. The van der Waals surface area contributed by atoms with Gasteiger partial charge in [0.2, 0.25) is 0 Å². The van der Waals surface area contributed by atoms with Gasteiger partial charge in [-0.3, -0.25) is 4.79 Å². The Kier molecular flexibility index (Phi) is 4.13. The lowest BCUT2D eigenvalue weighted by Gasteiger charge is -2.19. The first-order valence-electron chi connectivity index (χ1n) is 7.75. The molecule has 3 rings (SSSR count). The van der Waals surface area contributed by atoms with Crippen LogP contribution in [-0.2, 0) is 12.8 Å². The molecule has 1 saturated carbocycles. The van der Waals surface area contributed by atoms with Crippen molar-refractivity contribution in [3.63, 3.8) is 0 Å². The lowest BCUT2D eigenvalue weighted by atomic mass is 9.87. The highest BCUT2D eigenvalue weighted by molar-refractivity contribution is 7.14. The van der Waals surface area contributed by atoms with Crippen molar-refractivity contribution in [3.8, 4) is 0 Å². The summed E-state index contributed by atoms with van der Waals surface area (Å²) in [7, 11) is 0. The second-order valence-electron chi connectivity index (χ2n) is 6.19. The molecule has 2 unspecified atom stereocenters. The highest BCUT2D eigenvalue weighted by atomic mass is 32.1. The van der Waals surface area contributed by atoms with E-state index in [-0.39, 0.29) is 12.0 Å². The van der Waals surface area contributed by atoms with Gasteiger partial charge in [-0.1, -0.05) is 13.3 Å². The van der Waals surface area contributed by atoms with Crippen LogP contribution in [0, 0.1) is 11.8 Å². The molecular weight excluding hydrogens is 270 g/mol. The van der Waals surface area contributed by atoms with E-state index in [0.29, 0.717) is 12.5 Å². The third kappa shape index (κ3) is 3.07. The van der Waals surface area contributed by atoms with E-state index in [1.54, 1.807) is 11.3 Å². The topological polar surface area (TPSA) is 49.3 Å². The van der Waals surface area contributed by atoms with Crippen LogP contribution in [0.25, 0.3) is 0 Å². The molecule has 0 bridgehead atoms. The van der Waals surface area contributed by atoms with Crippen LogP contribution < -0.4 is 5.32 Å². The Morgan fingerprint density at radius 2 is 2.30 bits per heavy atom. The third-order valence-electron chi connectivity index (χ3n) is 4.62. The SMILES string of the molecule is CCC1CCc2sc(C(=O)NCC(O)C3CC3)cc2C1. The molecule has 0 spiro atoms. The largest absolute Gasteiger partial charge is 0.391 e. The van der Waals surface area contributed by atoms with Crippen LogP contribution >= 0.6 is 11.3 Å². The highest BCUT2D eigenvalue weighted by Gasteiger charge is 2.30. The second kappa shape index (κ2) is 5.86. The van der Waals surface area contributed by atoms with E-state index < -0.39 is 0 Å². The maximum Gasteiger partial charge on any atom is 0.261 e. The number of aliphatic hydroxyl groups is 1. The first-order valence-corrected chi connectivity index (χ1v) is 8.57. The minimum Gasteiger partial charge on any atom is -0.391 e. The summed E-state index contributed by atoms with van der Waals surface area (Å²) in [5.41, 5.74) is 1.38. The standard InChI is InChI=1S/C16H23NO2S/c1-2-10-3-6-14-12(7-10)8-15(20-14)16(19)17-9-13(18)11-4-5-11/h8,10-11,13,18H,2-7,9H2,1H3,(H,17,19). The molecule has 2 N–H and O–H groups in total. The van der Waals surface area contributed by atoms with Gasteiger partial charge in [0, 0.05) is 11.4 Å². The molecule has 1 aromatic heterocycles. The van der Waals surface area contributed by atoms with Gasteiger partial charge < -0.3 is 10.4 Å². The number of hydrogen-bond donors (Lipinski definition) is 2. The van der Waals surface area contributed by atoms with Gasteiger partial charge in [0.1, 0.15) is 0 Å². The molecule has 20 heavy (non-hydrogen) atoms. The zero-order chi connectivity index (χ0) is 14.1. The van der Waals surface area contributed by atoms with Crippen molar-refractivity contribution >= 4 is 17.2 Å². The van der Waals surface area contributed by atoms with E-state index >= 15 is 0 Å². The predicted octanol–water partition coefficient (Wildman–Crippen LogP) is 2.76. The van der Waals surface area contributed by atoms with Crippen molar-refractivity contribution in [3.05, 3.63) is 21.4 Å². The number of fused-ring (bicyclic) bond motifs is 1. The fourth-order valence-corrected chi connectivity index (χ4v) is 4.12. The van der Waals surface area contributed by atoms with Crippen molar-refractivity contribution in [2.45, 2.75) is 51.6 Å². The summed E-state index contributed by atoms with van der Waals surface area (Å²) in [6.07, 6.45) is 6.57. The molecule has 0 saturated heterocycles. The van der Waals surface area contributed by atoms with Gasteiger partial charge >= 0.3 is 0 Å². The molecule has 2 aliphatic carbocycles. The molecule has 110 valence electrons. The van der Waals surface area contributed by atoms with E-state index in [0.717, 1.165) is 36.5 Å². The number of thiophene rings is 1. The molecule has 1 heterocycles. The fraction of sp³-hybridized carbons (Fsp3) is 0.688. The first-order chi connectivity index (χ1) is 9.67. The summed E-state index contributed by atoms with van der Waals surface area (Å²) >= 11 is 1.64. The van der Waals surface area contributed by atoms with Gasteiger partial charge in [-0.15, -0.1) is 11.3 Å². The average Bonchev–Trinajstić information content (AvgIpc) is 3.22. The summed E-state index contributed by atoms with van der Waals surface area (Å²) in [4.78, 5) is 14.4. The predicted molar refractivity (Wildman–Crippen MR) is 81.2 cm³/mol. The van der Waals surface area contributed by atoms with Gasteiger partial charge in [0.25, 0.3) is 5.91 Å². The molecule has 2 atom stereocenters. The van der Waals surface area contributed by atoms with Gasteiger partial charge in [0.05, 0.1) is 11.0 Å². The van der Waals surface area contributed by atoms with E-state index in [1.165, 1.54) is 23.3 Å². The van der Waals surface area contributed by atoms with Gasteiger partial charge in [0.15, 0.2) is 0 Å². The molecule has 1 amide bonds. The molecule has 3 nitrogen and oxygen atoms in total. The number of carbonyl (C=O) groups excluding carboxylic acids is 1. The Morgan fingerprint density at radius 3 is 3.00 bits per heavy atom. The number of rotatable bonds is 5. The molecule has 2 aliphatic rings.